The Labute approximate surface area is 162 Å². The van der Waals surface area contributed by atoms with Crippen LogP contribution in [0.4, 0.5) is 0 Å². The number of aromatic hydroxyl groups is 1. The van der Waals surface area contributed by atoms with Crippen molar-refractivity contribution in [2.24, 2.45) is 0 Å². The lowest BCUT2D eigenvalue weighted by atomic mass is 9.96. The van der Waals surface area contributed by atoms with E-state index in [2.05, 4.69) is 0 Å². The molecule has 8 heteroatoms. The van der Waals surface area contributed by atoms with Crippen LogP contribution in [0.15, 0.2) is 35.2 Å². The van der Waals surface area contributed by atoms with Gasteiger partial charge in [-0.15, -0.1) is 0 Å². The average molecular weight is 417 g/mol. The standard InChI is InChI=1S/C18H18Cl2O5S/c1-10(2)13-5-11(3-4-17(13)21)6-14-15(19)7-12(8-16(14)20)26(24,25)9-18(22)23/h3-5,7-8,10,21H,6,9H2,1-2H3,(H,22,23). The summed E-state index contributed by atoms with van der Waals surface area (Å²) in [5, 5.41) is 18.9. The van der Waals surface area contributed by atoms with Crippen molar-refractivity contribution in [2.75, 3.05) is 5.75 Å². The lowest BCUT2D eigenvalue weighted by molar-refractivity contribution is -0.134. The van der Waals surface area contributed by atoms with Gasteiger partial charge in [-0.3, -0.25) is 4.79 Å². The van der Waals surface area contributed by atoms with E-state index in [1.54, 1.807) is 12.1 Å². The van der Waals surface area contributed by atoms with Gasteiger partial charge in [-0.05, 0) is 40.8 Å². The van der Waals surface area contributed by atoms with Gasteiger partial charge in [-0.25, -0.2) is 8.42 Å². The summed E-state index contributed by atoms with van der Waals surface area (Å²) in [6.07, 6.45) is 0.344. The summed E-state index contributed by atoms with van der Waals surface area (Å²) >= 11 is 12.4. The topological polar surface area (TPSA) is 91.7 Å². The van der Waals surface area contributed by atoms with E-state index in [4.69, 9.17) is 28.3 Å². The molecular formula is C18H18Cl2O5S. The van der Waals surface area contributed by atoms with Gasteiger partial charge in [0, 0.05) is 16.5 Å². The van der Waals surface area contributed by atoms with Crippen molar-refractivity contribution >= 4 is 39.0 Å². The van der Waals surface area contributed by atoms with Gasteiger partial charge in [0.05, 0.1) is 4.90 Å². The maximum atomic E-state index is 12.0. The van der Waals surface area contributed by atoms with Crippen LogP contribution in [-0.2, 0) is 21.1 Å². The number of hydrogen-bond acceptors (Lipinski definition) is 4. The fourth-order valence-corrected chi connectivity index (χ4v) is 4.39. The molecule has 5 nitrogen and oxygen atoms in total. The second-order valence-electron chi connectivity index (χ2n) is 6.24. The van der Waals surface area contributed by atoms with E-state index >= 15 is 0 Å². The molecule has 2 N–H and O–H groups in total. The number of hydrogen-bond donors (Lipinski definition) is 2. The van der Waals surface area contributed by atoms with E-state index in [1.807, 2.05) is 19.9 Å². The Morgan fingerprint density at radius 3 is 2.19 bits per heavy atom. The van der Waals surface area contributed by atoms with Crippen LogP contribution in [0.5, 0.6) is 5.75 Å². The minimum Gasteiger partial charge on any atom is -0.508 e. The molecule has 0 radical (unpaired) electrons. The van der Waals surface area contributed by atoms with Gasteiger partial charge in [-0.2, -0.15) is 0 Å². The van der Waals surface area contributed by atoms with Crippen molar-refractivity contribution < 1.29 is 23.4 Å². The van der Waals surface area contributed by atoms with Crippen molar-refractivity contribution in [3.63, 3.8) is 0 Å². The van der Waals surface area contributed by atoms with Gasteiger partial charge in [0.15, 0.2) is 15.6 Å². The summed E-state index contributed by atoms with van der Waals surface area (Å²) in [7, 11) is -4.02. The molecule has 0 aromatic heterocycles. The first kappa shape index (κ1) is 20.6. The van der Waals surface area contributed by atoms with Crippen LogP contribution in [0.1, 0.15) is 36.5 Å². The molecule has 26 heavy (non-hydrogen) atoms. The minimum absolute atomic E-state index is 0.129. The smallest absolute Gasteiger partial charge is 0.319 e. The molecule has 140 valence electrons. The van der Waals surface area contributed by atoms with Gasteiger partial charge in [0.25, 0.3) is 0 Å². The van der Waals surface area contributed by atoms with Crippen molar-refractivity contribution in [1.82, 2.24) is 0 Å². The Bertz CT molecular complexity index is 929. The molecule has 0 aliphatic rings. The molecule has 2 aromatic rings. The number of carboxylic acids is 1. The highest BCUT2D eigenvalue weighted by atomic mass is 35.5. The van der Waals surface area contributed by atoms with E-state index in [-0.39, 0.29) is 26.6 Å². The molecule has 0 amide bonds. The molecule has 0 heterocycles. The number of rotatable bonds is 6. The third-order valence-electron chi connectivity index (χ3n) is 3.88. The molecule has 0 spiro atoms. The molecule has 2 aromatic carbocycles. The third kappa shape index (κ3) is 4.69. The lowest BCUT2D eigenvalue weighted by Crippen LogP contribution is -2.15. The van der Waals surface area contributed by atoms with Gasteiger partial charge in [-0.1, -0.05) is 49.2 Å². The molecule has 0 aliphatic heterocycles. The minimum atomic E-state index is -4.02. The molecule has 0 fully saturated rings. The third-order valence-corrected chi connectivity index (χ3v) is 6.14. The maximum Gasteiger partial charge on any atom is 0.319 e. The maximum absolute atomic E-state index is 12.0. The highest BCUT2D eigenvalue weighted by Crippen LogP contribution is 2.33. The largest absolute Gasteiger partial charge is 0.508 e. The number of sulfone groups is 1. The van der Waals surface area contributed by atoms with Gasteiger partial charge in [0.2, 0.25) is 0 Å². The molecule has 0 atom stereocenters. The van der Waals surface area contributed by atoms with Crippen LogP contribution >= 0.6 is 23.2 Å². The predicted octanol–water partition coefficient (Wildman–Crippen LogP) is 4.27. The normalized spacial score (nSPS) is 11.7. The number of carboxylic acid groups (broad SMARTS) is 1. The van der Waals surface area contributed by atoms with Crippen LogP contribution in [0.3, 0.4) is 0 Å². The first-order valence-corrected chi connectivity index (χ1v) is 10.2. The van der Waals surface area contributed by atoms with Crippen LogP contribution < -0.4 is 0 Å². The van der Waals surface area contributed by atoms with Crippen molar-refractivity contribution in [1.29, 1.82) is 0 Å². The Morgan fingerprint density at radius 2 is 1.69 bits per heavy atom. The summed E-state index contributed by atoms with van der Waals surface area (Å²) in [6.45, 7) is 3.92. The van der Waals surface area contributed by atoms with Crippen LogP contribution in [0, 0.1) is 0 Å². The van der Waals surface area contributed by atoms with E-state index in [9.17, 15) is 18.3 Å². The van der Waals surface area contributed by atoms with Gasteiger partial charge in [0.1, 0.15) is 5.75 Å². The molecule has 0 saturated carbocycles. The summed E-state index contributed by atoms with van der Waals surface area (Å²) in [5.41, 5.74) is 2.18. The van der Waals surface area contributed by atoms with E-state index in [0.717, 1.165) is 11.1 Å². The van der Waals surface area contributed by atoms with Crippen molar-refractivity contribution in [3.8, 4) is 5.75 Å². The monoisotopic (exact) mass is 416 g/mol. The molecule has 0 unspecified atom stereocenters. The van der Waals surface area contributed by atoms with Gasteiger partial charge >= 0.3 is 5.97 Å². The fraction of sp³-hybridized carbons (Fsp3) is 0.278. The molecule has 2 rings (SSSR count). The second kappa shape index (κ2) is 7.86. The second-order valence-corrected chi connectivity index (χ2v) is 9.05. The first-order chi connectivity index (χ1) is 12.0. The van der Waals surface area contributed by atoms with E-state index in [0.29, 0.717) is 12.0 Å². The van der Waals surface area contributed by atoms with Crippen LogP contribution in [-0.4, -0.2) is 30.4 Å². The lowest BCUT2D eigenvalue weighted by Gasteiger charge is -2.13. The number of halogens is 2. The summed E-state index contributed by atoms with van der Waals surface area (Å²) in [4.78, 5) is 10.5. The SMILES string of the molecule is CC(C)c1cc(Cc2c(Cl)cc(S(=O)(=O)CC(=O)O)cc2Cl)ccc1O. The summed E-state index contributed by atoms with van der Waals surface area (Å²) in [5.74, 6) is -2.15. The number of aliphatic carboxylic acids is 1. The van der Waals surface area contributed by atoms with Crippen LogP contribution in [0.2, 0.25) is 10.0 Å². The van der Waals surface area contributed by atoms with Crippen LogP contribution in [0.25, 0.3) is 0 Å². The summed E-state index contributed by atoms with van der Waals surface area (Å²) < 4.78 is 24.1. The zero-order valence-electron chi connectivity index (χ0n) is 14.2. The molecular weight excluding hydrogens is 399 g/mol. The Kier molecular flexibility index (Phi) is 6.21. The highest BCUT2D eigenvalue weighted by molar-refractivity contribution is 7.92. The van der Waals surface area contributed by atoms with Gasteiger partial charge < -0.3 is 10.2 Å². The molecule has 0 saturated heterocycles. The van der Waals surface area contributed by atoms with E-state index in [1.165, 1.54) is 12.1 Å². The number of phenols is 1. The molecule has 0 bridgehead atoms. The zero-order chi connectivity index (χ0) is 19.6. The summed E-state index contributed by atoms with van der Waals surface area (Å²) in [6, 6.07) is 7.61. The molecule has 0 aliphatic carbocycles. The Balaban J connectivity index is 2.41. The first-order valence-electron chi connectivity index (χ1n) is 7.75. The Hall–Kier alpha value is -1.76. The zero-order valence-corrected chi connectivity index (χ0v) is 16.5. The van der Waals surface area contributed by atoms with Crippen molar-refractivity contribution in [2.45, 2.75) is 31.1 Å². The average Bonchev–Trinajstić information content (AvgIpc) is 2.50. The Morgan fingerprint density at radius 1 is 1.12 bits per heavy atom. The highest BCUT2D eigenvalue weighted by Gasteiger charge is 2.22. The quantitative estimate of drug-likeness (QED) is 0.733. The van der Waals surface area contributed by atoms with E-state index < -0.39 is 21.6 Å². The fourth-order valence-electron chi connectivity index (χ4n) is 2.55. The van der Waals surface area contributed by atoms with Crippen molar-refractivity contribution in [3.05, 3.63) is 57.1 Å². The number of phenolic OH excluding ortho intramolecular Hbond substituents is 1. The number of carbonyl (C=O) groups is 1. The predicted molar refractivity (Wildman–Crippen MR) is 101 cm³/mol. The number of benzene rings is 2.